The zero-order chi connectivity index (χ0) is 46.1. The van der Waals surface area contributed by atoms with E-state index in [1.807, 2.05) is 0 Å². The highest BCUT2D eigenvalue weighted by atomic mass is 15.0. The van der Waals surface area contributed by atoms with Crippen molar-refractivity contribution in [2.24, 2.45) is 0 Å². The Morgan fingerprint density at radius 3 is 0.954 bits per heavy atom. The summed E-state index contributed by atoms with van der Waals surface area (Å²) >= 11 is 0. The van der Waals surface area contributed by atoms with Crippen molar-refractivity contribution in [3.8, 4) is 44.8 Å². The van der Waals surface area contributed by atoms with Gasteiger partial charge < -0.3 is 9.13 Å². The fraction of sp³-hybridized carbons (Fsp3) is 0. The minimum absolute atomic E-state index is 1.19. The summed E-state index contributed by atoms with van der Waals surface area (Å²) in [6.07, 6.45) is 0. The molecular weight excluding hydrogens is 767 g/mol. The highest BCUT2D eigenvalue weighted by molar-refractivity contribution is 6.72. The van der Waals surface area contributed by atoms with E-state index < -0.39 is 0 Å². The molecule has 0 saturated heterocycles. The van der Waals surface area contributed by atoms with Crippen molar-refractivity contribution in [2.45, 2.75) is 0 Å². The van der Waals surface area contributed by atoms with Gasteiger partial charge in [0.05, 0.1) is 0 Å². The molecule has 294 valence electrons. The lowest BCUT2D eigenvalue weighted by Crippen LogP contribution is -2.48. The lowest BCUT2D eigenvalue weighted by molar-refractivity contribution is 1.19. The molecule has 65 heavy (non-hydrogen) atoms. The normalized spacial score (nSPS) is 11.7. The Hall–Kier alpha value is -5.67. The smallest absolute Gasteiger partial charge is 0.141 e. The van der Waals surface area contributed by atoms with Crippen LogP contribution in [0.3, 0.4) is 0 Å². The molecule has 2 nitrogen and oxygen atoms in total. The van der Waals surface area contributed by atoms with Crippen molar-refractivity contribution < 1.29 is 0 Å². The van der Waals surface area contributed by atoms with Crippen molar-refractivity contribution in [3.63, 3.8) is 0 Å². The summed E-state index contributed by atoms with van der Waals surface area (Å²) in [6, 6.07) is 38.1. The lowest BCUT2D eigenvalue weighted by atomic mass is 9.61. The second-order valence-electron chi connectivity index (χ2n) is 19.4. The van der Waals surface area contributed by atoms with Crippen LogP contribution in [0.2, 0.25) is 0 Å². The molecule has 0 aliphatic carbocycles. The van der Waals surface area contributed by atoms with Crippen molar-refractivity contribution >= 4 is 243 Å². The minimum Gasteiger partial charge on any atom is -0.310 e. The lowest BCUT2D eigenvalue weighted by Gasteiger charge is -2.24. The third kappa shape index (κ3) is 6.23. The Labute approximate surface area is 398 Å². The average Bonchev–Trinajstić information content (AvgIpc) is 3.88. The summed E-state index contributed by atoms with van der Waals surface area (Å²) in [5.41, 5.74) is 35.6. The fourth-order valence-electron chi connectivity index (χ4n) is 11.7. The Morgan fingerprint density at radius 1 is 0.246 bits per heavy atom. The minimum atomic E-state index is 1.19. The molecule has 0 saturated carbocycles. The Bertz CT molecular complexity index is 3640. The van der Waals surface area contributed by atoms with Crippen LogP contribution in [-0.4, -0.2) is 127 Å². The van der Waals surface area contributed by atoms with Gasteiger partial charge in [0.15, 0.2) is 0 Å². The molecule has 10 aromatic rings. The fourth-order valence-corrected chi connectivity index (χ4v) is 11.7. The van der Waals surface area contributed by atoms with Crippen LogP contribution in [0.5, 0.6) is 0 Å². The van der Waals surface area contributed by atoms with Crippen molar-refractivity contribution in [3.05, 3.63) is 103 Å². The molecule has 10 rings (SSSR count). The van der Waals surface area contributed by atoms with E-state index in [1.165, 1.54) is 170 Å². The summed E-state index contributed by atoms with van der Waals surface area (Å²) in [5.74, 6) is 0. The van der Waals surface area contributed by atoms with Gasteiger partial charge in [0.2, 0.25) is 0 Å². The highest BCUT2D eigenvalue weighted by Crippen LogP contribution is 2.35. The topological polar surface area (TPSA) is 9.86 Å². The Kier molecular flexibility index (Phi) is 10.5. The van der Waals surface area contributed by atoms with Crippen molar-refractivity contribution in [1.29, 1.82) is 0 Å². The van der Waals surface area contributed by atoms with Crippen LogP contribution in [-0.2, 0) is 0 Å². The molecule has 0 atom stereocenters. The van der Waals surface area contributed by atoms with E-state index in [1.54, 1.807) is 0 Å². The predicted octanol–water partition coefficient (Wildman–Crippen LogP) is -13.2. The molecule has 2 aromatic heterocycles. The average molecular weight is 814 g/mol. The highest BCUT2D eigenvalue weighted by Gasteiger charge is 2.29. The summed E-state index contributed by atoms with van der Waals surface area (Å²) in [5, 5.41) is 5.50. The summed E-state index contributed by atoms with van der Waals surface area (Å²) < 4.78 is 5.22. The van der Waals surface area contributed by atoms with Crippen LogP contribution in [0.15, 0.2) is 103 Å². The number of nitrogens with zero attached hydrogens (tertiary/aromatic N) is 2. The van der Waals surface area contributed by atoms with E-state index >= 15 is 0 Å². The molecule has 0 aliphatic rings. The molecular formula is C48H47B15N2. The standard InChI is InChI=1S/C48H47B15N2/c49-22-11-13-23(14-12-22)64-45-27(29-35(54)37(56)39(58)43(62)47(29)64)31(50)25(33(52)41(45)60)26-32(51)28-30-36(55)38(57)40(59)44(63)48(30)65(46(28)42(61)34(26)53)24-16-20(18-7-3-1-4-8-18)15-21(17-24)19-9-5-2-6-10-19/h1-17H,49-63H2. The summed E-state index contributed by atoms with van der Waals surface area (Å²) in [7, 11) is 35.2. The number of hydrogen-bond acceptors (Lipinski definition) is 0. The van der Waals surface area contributed by atoms with Gasteiger partial charge in [0, 0.05) is 44.2 Å². The van der Waals surface area contributed by atoms with Gasteiger partial charge in [-0.25, -0.2) is 0 Å². The van der Waals surface area contributed by atoms with E-state index in [0.717, 1.165) is 0 Å². The molecule has 0 amide bonds. The maximum Gasteiger partial charge on any atom is 0.141 e. The maximum absolute atomic E-state index is 2.64. The van der Waals surface area contributed by atoms with Gasteiger partial charge in [-0.15, -0.1) is 10.9 Å². The van der Waals surface area contributed by atoms with Crippen LogP contribution >= 0.6 is 0 Å². The largest absolute Gasteiger partial charge is 0.310 e. The predicted molar refractivity (Wildman–Crippen MR) is 334 cm³/mol. The third-order valence-electron chi connectivity index (χ3n) is 16.2. The number of aromatic nitrogens is 2. The van der Waals surface area contributed by atoms with Gasteiger partial charge in [-0.2, -0.15) is 0 Å². The van der Waals surface area contributed by atoms with E-state index in [2.05, 4.69) is 230 Å². The zero-order valence-corrected chi connectivity index (χ0v) is 41.2. The molecule has 0 radical (unpaired) electrons. The SMILES string of the molecule is Bc1ccc(-n2c3c(B)c(B)c(B)c(B)c3c3c(B)c(-c4c(B)c(B)c5c(c4B)c4c(B)c(B)c(B)c(B)c4n5-c4cc(-c5ccccc5)cc(-c5ccccc5)c4)c(B)c(B)c32)cc1. The second kappa shape index (κ2) is 15.8. The first kappa shape index (κ1) is 43.2. The number of hydrogen-bond donors (Lipinski definition) is 0. The van der Waals surface area contributed by atoms with Gasteiger partial charge in [-0.1, -0.05) is 144 Å². The number of benzene rings is 8. The molecule has 0 aliphatic heterocycles. The van der Waals surface area contributed by atoms with E-state index in [4.69, 9.17) is 0 Å². The van der Waals surface area contributed by atoms with Crippen LogP contribution in [0, 0.1) is 0 Å². The molecule has 17 heteroatoms. The van der Waals surface area contributed by atoms with Crippen LogP contribution in [0.25, 0.3) is 88.4 Å². The van der Waals surface area contributed by atoms with Gasteiger partial charge in [0.1, 0.15) is 118 Å². The monoisotopic (exact) mass is 817 g/mol. The van der Waals surface area contributed by atoms with E-state index in [0.29, 0.717) is 0 Å². The van der Waals surface area contributed by atoms with Gasteiger partial charge in [0.25, 0.3) is 0 Å². The summed E-state index contributed by atoms with van der Waals surface area (Å²) in [6.45, 7) is 0. The zero-order valence-electron chi connectivity index (χ0n) is 41.2. The maximum atomic E-state index is 2.64. The molecule has 0 bridgehead atoms. The number of fused-ring (bicyclic) bond motifs is 6. The molecule has 0 spiro atoms. The first-order valence-corrected chi connectivity index (χ1v) is 23.5. The van der Waals surface area contributed by atoms with Crippen LogP contribution in [0.1, 0.15) is 0 Å². The van der Waals surface area contributed by atoms with Crippen LogP contribution < -0.4 is 81.9 Å². The molecule has 0 fully saturated rings. The van der Waals surface area contributed by atoms with Gasteiger partial charge in [-0.3, -0.25) is 0 Å². The van der Waals surface area contributed by atoms with Crippen LogP contribution in [0.4, 0.5) is 0 Å². The first-order valence-electron chi connectivity index (χ1n) is 23.5. The van der Waals surface area contributed by atoms with E-state index in [-0.39, 0.29) is 0 Å². The summed E-state index contributed by atoms with van der Waals surface area (Å²) in [4.78, 5) is 0. The number of rotatable bonds is 5. The molecule has 2 heterocycles. The molecule has 0 unspecified atom stereocenters. The Balaban J connectivity index is 1.37. The molecule has 0 N–H and O–H groups in total. The van der Waals surface area contributed by atoms with Crippen molar-refractivity contribution in [2.75, 3.05) is 0 Å². The molecule has 8 aromatic carbocycles. The van der Waals surface area contributed by atoms with Gasteiger partial charge in [-0.05, 0) is 74.5 Å². The quantitative estimate of drug-likeness (QED) is 0.153. The second-order valence-corrected chi connectivity index (χ2v) is 19.4. The van der Waals surface area contributed by atoms with Gasteiger partial charge >= 0.3 is 0 Å². The third-order valence-corrected chi connectivity index (χ3v) is 16.2. The van der Waals surface area contributed by atoms with E-state index in [9.17, 15) is 0 Å². The Morgan fingerprint density at radius 2 is 0.569 bits per heavy atom. The van der Waals surface area contributed by atoms with Crippen molar-refractivity contribution in [1.82, 2.24) is 9.13 Å². The first-order chi connectivity index (χ1) is 31.0.